The van der Waals surface area contributed by atoms with Crippen molar-refractivity contribution in [2.24, 2.45) is 0 Å². The van der Waals surface area contributed by atoms with Gasteiger partial charge in [0.2, 0.25) is 5.91 Å². The number of unbranched alkanes of at least 4 members (excludes halogenated alkanes) is 1. The maximum Gasteiger partial charge on any atom is 0.257 e. The van der Waals surface area contributed by atoms with E-state index in [4.69, 9.17) is 9.26 Å². The van der Waals surface area contributed by atoms with Crippen LogP contribution in [0.4, 0.5) is 14.5 Å². The van der Waals surface area contributed by atoms with Gasteiger partial charge in [-0.2, -0.15) is 4.98 Å². The maximum atomic E-state index is 14.1. The Balaban J connectivity index is 1.46. The number of halogens is 2. The molecule has 1 amide bonds. The Morgan fingerprint density at radius 2 is 2.00 bits per heavy atom. The monoisotopic (exact) mass is 413 g/mol. The highest BCUT2D eigenvalue weighted by Crippen LogP contribution is 2.33. The summed E-state index contributed by atoms with van der Waals surface area (Å²) in [4.78, 5) is 18.1. The van der Waals surface area contributed by atoms with Gasteiger partial charge in [-0.15, -0.1) is 0 Å². The van der Waals surface area contributed by atoms with E-state index in [1.165, 1.54) is 11.0 Å². The fourth-order valence-corrected chi connectivity index (χ4v) is 3.36. The van der Waals surface area contributed by atoms with Gasteiger partial charge >= 0.3 is 0 Å². The number of aromatic nitrogens is 2. The molecule has 1 aliphatic heterocycles. The minimum absolute atomic E-state index is 0.0475. The van der Waals surface area contributed by atoms with E-state index in [0.29, 0.717) is 18.3 Å². The second-order valence-corrected chi connectivity index (χ2v) is 7.19. The summed E-state index contributed by atoms with van der Waals surface area (Å²) in [5, 5.41) is 4.01. The molecule has 8 heteroatoms. The minimum Gasteiger partial charge on any atom is -0.494 e. The van der Waals surface area contributed by atoms with E-state index in [9.17, 15) is 13.6 Å². The predicted octanol–water partition coefficient (Wildman–Crippen LogP) is 4.71. The quantitative estimate of drug-likeness (QED) is 0.525. The molecule has 0 radical (unpaired) electrons. The zero-order chi connectivity index (χ0) is 21.1. The van der Waals surface area contributed by atoms with E-state index in [1.54, 1.807) is 0 Å². The molecule has 1 fully saturated rings. The van der Waals surface area contributed by atoms with Crippen LogP contribution in [0.1, 0.15) is 37.9 Å². The Hall–Kier alpha value is -3.29. The molecule has 0 N–H and O–H groups in total. The van der Waals surface area contributed by atoms with Gasteiger partial charge in [0, 0.05) is 30.5 Å². The van der Waals surface area contributed by atoms with Gasteiger partial charge in [-0.1, -0.05) is 18.5 Å². The lowest BCUT2D eigenvalue weighted by molar-refractivity contribution is -0.117. The second-order valence-electron chi connectivity index (χ2n) is 7.19. The number of carbonyl (C=O) groups excluding carboxylic acids is 1. The van der Waals surface area contributed by atoms with Gasteiger partial charge in [0.15, 0.2) is 5.82 Å². The molecule has 0 spiro atoms. The summed E-state index contributed by atoms with van der Waals surface area (Å²) in [6.45, 7) is 2.97. The molecule has 1 aromatic heterocycles. The average molecular weight is 413 g/mol. The van der Waals surface area contributed by atoms with Gasteiger partial charge in [0.25, 0.3) is 5.89 Å². The lowest BCUT2D eigenvalue weighted by Crippen LogP contribution is -2.25. The normalized spacial score (nSPS) is 16.3. The number of hydrogen-bond acceptors (Lipinski definition) is 5. The number of ether oxygens (including phenoxy) is 1. The third kappa shape index (κ3) is 4.17. The van der Waals surface area contributed by atoms with E-state index in [0.717, 1.165) is 36.3 Å². The molecule has 0 saturated carbocycles. The summed E-state index contributed by atoms with van der Waals surface area (Å²) in [6, 6.07) is 10.5. The first-order chi connectivity index (χ1) is 14.5. The first-order valence-electron chi connectivity index (χ1n) is 9.87. The molecule has 1 aliphatic rings. The molecule has 4 rings (SSSR count). The largest absolute Gasteiger partial charge is 0.494 e. The number of nitrogens with zero attached hydrogens (tertiary/aromatic N) is 3. The van der Waals surface area contributed by atoms with E-state index < -0.39 is 11.6 Å². The molecule has 0 aliphatic carbocycles. The number of rotatable bonds is 7. The van der Waals surface area contributed by atoms with Crippen molar-refractivity contribution < 1.29 is 22.8 Å². The predicted molar refractivity (Wildman–Crippen MR) is 106 cm³/mol. The van der Waals surface area contributed by atoms with Crippen LogP contribution in [0.5, 0.6) is 5.75 Å². The summed E-state index contributed by atoms with van der Waals surface area (Å²) in [5.41, 5.74) is 0.786. The Morgan fingerprint density at radius 3 is 2.73 bits per heavy atom. The Labute approximate surface area is 172 Å². The molecule has 1 atom stereocenters. The Bertz CT molecular complexity index is 1040. The van der Waals surface area contributed by atoms with Crippen LogP contribution in [0.25, 0.3) is 11.5 Å². The summed E-state index contributed by atoms with van der Waals surface area (Å²) >= 11 is 0. The van der Waals surface area contributed by atoms with Gasteiger partial charge < -0.3 is 14.2 Å². The van der Waals surface area contributed by atoms with Crippen molar-refractivity contribution in [1.29, 1.82) is 0 Å². The highest BCUT2D eigenvalue weighted by molar-refractivity contribution is 5.96. The molecular weight excluding hydrogens is 392 g/mol. The van der Waals surface area contributed by atoms with Crippen LogP contribution in [0.3, 0.4) is 0 Å². The topological polar surface area (TPSA) is 68.5 Å². The van der Waals surface area contributed by atoms with Crippen LogP contribution < -0.4 is 9.64 Å². The fourth-order valence-electron chi connectivity index (χ4n) is 3.36. The number of carbonyl (C=O) groups is 1. The van der Waals surface area contributed by atoms with Crippen LogP contribution in [0, 0.1) is 11.6 Å². The zero-order valence-electron chi connectivity index (χ0n) is 16.5. The van der Waals surface area contributed by atoms with Crippen molar-refractivity contribution in [3.8, 4) is 17.2 Å². The van der Waals surface area contributed by atoms with Gasteiger partial charge in [-0.3, -0.25) is 4.79 Å². The van der Waals surface area contributed by atoms with Crippen LogP contribution in [-0.2, 0) is 4.79 Å². The lowest BCUT2D eigenvalue weighted by atomic mass is 10.1. The van der Waals surface area contributed by atoms with Crippen molar-refractivity contribution >= 4 is 11.6 Å². The molecule has 2 aromatic carbocycles. The minimum atomic E-state index is -0.779. The van der Waals surface area contributed by atoms with Gasteiger partial charge in [0.05, 0.1) is 12.3 Å². The number of amides is 1. The van der Waals surface area contributed by atoms with Gasteiger partial charge in [0.1, 0.15) is 17.4 Å². The summed E-state index contributed by atoms with van der Waals surface area (Å²) in [6.07, 6.45) is 2.19. The molecule has 156 valence electrons. The smallest absolute Gasteiger partial charge is 0.257 e. The molecule has 2 heterocycles. The SMILES string of the molecule is CCCCOc1ccc(-c2nc(C3CC(=O)N(c4ccc(F)cc4F)C3)no2)cc1. The Kier molecular flexibility index (Phi) is 5.74. The summed E-state index contributed by atoms with van der Waals surface area (Å²) in [7, 11) is 0. The number of benzene rings is 2. The molecule has 3 aromatic rings. The highest BCUT2D eigenvalue weighted by Gasteiger charge is 2.35. The van der Waals surface area contributed by atoms with Gasteiger partial charge in [-0.25, -0.2) is 8.78 Å². The standard InChI is InChI=1S/C22H21F2N3O3/c1-2-3-10-29-17-7-4-14(5-8-17)22-25-21(26-30-22)15-11-20(28)27(13-15)19-9-6-16(23)12-18(19)24/h4-9,12,15H,2-3,10-11,13H2,1H3. The Morgan fingerprint density at radius 1 is 1.20 bits per heavy atom. The molecule has 0 bridgehead atoms. The van der Waals surface area contributed by atoms with Crippen molar-refractivity contribution in [2.75, 3.05) is 18.1 Å². The van der Waals surface area contributed by atoms with Gasteiger partial charge in [-0.05, 0) is 42.8 Å². The third-order valence-electron chi connectivity index (χ3n) is 5.00. The molecule has 6 nitrogen and oxygen atoms in total. The van der Waals surface area contributed by atoms with Crippen molar-refractivity contribution in [3.63, 3.8) is 0 Å². The first-order valence-corrected chi connectivity index (χ1v) is 9.87. The third-order valence-corrected chi connectivity index (χ3v) is 5.00. The molecule has 30 heavy (non-hydrogen) atoms. The maximum absolute atomic E-state index is 14.1. The van der Waals surface area contributed by atoms with E-state index in [-0.39, 0.29) is 30.5 Å². The van der Waals surface area contributed by atoms with Crippen LogP contribution >= 0.6 is 0 Å². The molecule has 1 unspecified atom stereocenters. The van der Waals surface area contributed by atoms with E-state index in [2.05, 4.69) is 17.1 Å². The second kappa shape index (κ2) is 8.61. The number of hydrogen-bond donors (Lipinski definition) is 0. The average Bonchev–Trinajstić information content (AvgIpc) is 3.36. The lowest BCUT2D eigenvalue weighted by Gasteiger charge is -2.16. The molecule has 1 saturated heterocycles. The van der Waals surface area contributed by atoms with Crippen LogP contribution in [0.2, 0.25) is 0 Å². The summed E-state index contributed by atoms with van der Waals surface area (Å²) < 4.78 is 38.2. The van der Waals surface area contributed by atoms with E-state index in [1.807, 2.05) is 24.3 Å². The fraction of sp³-hybridized carbons (Fsp3) is 0.318. The van der Waals surface area contributed by atoms with E-state index >= 15 is 0 Å². The molecular formula is C22H21F2N3O3. The van der Waals surface area contributed by atoms with Crippen molar-refractivity contribution in [1.82, 2.24) is 10.1 Å². The summed E-state index contributed by atoms with van der Waals surface area (Å²) in [5.74, 6) is -0.592. The van der Waals surface area contributed by atoms with Crippen LogP contribution in [0.15, 0.2) is 47.0 Å². The zero-order valence-corrected chi connectivity index (χ0v) is 16.5. The van der Waals surface area contributed by atoms with Crippen molar-refractivity contribution in [3.05, 3.63) is 59.9 Å². The first kappa shape index (κ1) is 20.0. The highest BCUT2D eigenvalue weighted by atomic mass is 19.1. The van der Waals surface area contributed by atoms with Crippen molar-refractivity contribution in [2.45, 2.75) is 32.1 Å². The van der Waals surface area contributed by atoms with Crippen LogP contribution in [-0.4, -0.2) is 29.2 Å². The number of anilines is 1.